The van der Waals surface area contributed by atoms with Gasteiger partial charge in [0.1, 0.15) is 0 Å². The van der Waals surface area contributed by atoms with Gasteiger partial charge in [-0.15, -0.1) is 0 Å². The molecule has 4 heteroatoms. The molecule has 0 aromatic carbocycles. The highest BCUT2D eigenvalue weighted by atomic mass is 16.2. The van der Waals surface area contributed by atoms with Crippen molar-refractivity contribution >= 4 is 11.7 Å². The standard InChI is InChI=1S/C11H19N3O/c1-5-8-7-9(14-13-8)12-10(15)11(3,4)6-2/h7H,5-6H2,1-4H3,(H2,12,13,14,15). The second kappa shape index (κ2) is 4.47. The zero-order chi connectivity index (χ0) is 11.5. The van der Waals surface area contributed by atoms with E-state index in [1.165, 1.54) is 0 Å². The van der Waals surface area contributed by atoms with Gasteiger partial charge in [-0.05, 0) is 12.8 Å². The van der Waals surface area contributed by atoms with E-state index < -0.39 is 0 Å². The van der Waals surface area contributed by atoms with E-state index >= 15 is 0 Å². The number of aromatic amines is 1. The van der Waals surface area contributed by atoms with Crippen molar-refractivity contribution in [1.82, 2.24) is 10.2 Å². The molecule has 84 valence electrons. The van der Waals surface area contributed by atoms with E-state index in [2.05, 4.69) is 15.5 Å². The van der Waals surface area contributed by atoms with Gasteiger partial charge in [0.05, 0.1) is 0 Å². The fourth-order valence-electron chi connectivity index (χ4n) is 1.05. The number of anilines is 1. The van der Waals surface area contributed by atoms with Crippen molar-refractivity contribution in [3.8, 4) is 0 Å². The number of aromatic nitrogens is 2. The normalized spacial score (nSPS) is 11.5. The van der Waals surface area contributed by atoms with Gasteiger partial charge in [0.25, 0.3) is 0 Å². The maximum absolute atomic E-state index is 11.8. The summed E-state index contributed by atoms with van der Waals surface area (Å²) in [6.07, 6.45) is 1.70. The number of rotatable bonds is 4. The van der Waals surface area contributed by atoms with Crippen LogP contribution in [0.4, 0.5) is 5.82 Å². The van der Waals surface area contributed by atoms with E-state index in [1.54, 1.807) is 0 Å². The van der Waals surface area contributed by atoms with Crippen LogP contribution in [0.2, 0.25) is 0 Å². The molecule has 0 radical (unpaired) electrons. The van der Waals surface area contributed by atoms with Crippen molar-refractivity contribution in [2.24, 2.45) is 5.41 Å². The third-order valence-corrected chi connectivity index (χ3v) is 2.75. The average Bonchev–Trinajstić information content (AvgIpc) is 2.65. The first-order valence-corrected chi connectivity index (χ1v) is 5.35. The minimum atomic E-state index is -0.342. The molecule has 0 saturated carbocycles. The van der Waals surface area contributed by atoms with Crippen molar-refractivity contribution in [3.63, 3.8) is 0 Å². The summed E-state index contributed by atoms with van der Waals surface area (Å²) in [4.78, 5) is 11.8. The minimum absolute atomic E-state index is 0.0131. The van der Waals surface area contributed by atoms with Gasteiger partial charge in [0.15, 0.2) is 5.82 Å². The van der Waals surface area contributed by atoms with Gasteiger partial charge in [-0.3, -0.25) is 9.89 Å². The van der Waals surface area contributed by atoms with Crippen LogP contribution in [0.1, 0.15) is 39.8 Å². The molecular weight excluding hydrogens is 190 g/mol. The van der Waals surface area contributed by atoms with Gasteiger partial charge in [-0.25, -0.2) is 0 Å². The highest BCUT2D eigenvalue weighted by Crippen LogP contribution is 2.21. The Hall–Kier alpha value is -1.32. The molecule has 0 spiro atoms. The van der Waals surface area contributed by atoms with Gasteiger partial charge >= 0.3 is 0 Å². The van der Waals surface area contributed by atoms with Crippen LogP contribution in [0.5, 0.6) is 0 Å². The summed E-state index contributed by atoms with van der Waals surface area (Å²) >= 11 is 0. The quantitative estimate of drug-likeness (QED) is 0.799. The Morgan fingerprint density at radius 2 is 2.20 bits per heavy atom. The summed E-state index contributed by atoms with van der Waals surface area (Å²) in [6.45, 7) is 7.89. The molecule has 1 aromatic rings. The van der Waals surface area contributed by atoms with E-state index in [4.69, 9.17) is 0 Å². The Balaban J connectivity index is 2.66. The topological polar surface area (TPSA) is 57.8 Å². The molecule has 0 atom stereocenters. The molecule has 1 heterocycles. The zero-order valence-electron chi connectivity index (χ0n) is 9.85. The number of hydrogen-bond acceptors (Lipinski definition) is 2. The summed E-state index contributed by atoms with van der Waals surface area (Å²) in [7, 11) is 0. The number of H-pyrrole nitrogens is 1. The fourth-order valence-corrected chi connectivity index (χ4v) is 1.05. The van der Waals surface area contributed by atoms with Crippen LogP contribution in [0.15, 0.2) is 6.07 Å². The molecule has 4 nitrogen and oxygen atoms in total. The lowest BCUT2D eigenvalue weighted by molar-refractivity contribution is -0.124. The second-order valence-electron chi connectivity index (χ2n) is 4.32. The van der Waals surface area contributed by atoms with Crippen LogP contribution < -0.4 is 5.32 Å². The molecular formula is C11H19N3O. The zero-order valence-corrected chi connectivity index (χ0v) is 9.85. The number of hydrogen-bond donors (Lipinski definition) is 2. The van der Waals surface area contributed by atoms with Crippen LogP contribution in [0.25, 0.3) is 0 Å². The molecule has 15 heavy (non-hydrogen) atoms. The maximum atomic E-state index is 11.8. The number of nitrogens with zero attached hydrogens (tertiary/aromatic N) is 1. The van der Waals surface area contributed by atoms with Gasteiger partial charge < -0.3 is 5.32 Å². The minimum Gasteiger partial charge on any atom is -0.309 e. The summed E-state index contributed by atoms with van der Waals surface area (Å²) in [5.74, 6) is 0.623. The van der Waals surface area contributed by atoms with Crippen molar-refractivity contribution < 1.29 is 4.79 Å². The van der Waals surface area contributed by atoms with Crippen molar-refractivity contribution in [3.05, 3.63) is 11.8 Å². The van der Waals surface area contributed by atoms with Gasteiger partial charge in [-0.2, -0.15) is 5.10 Å². The first kappa shape index (κ1) is 11.8. The van der Waals surface area contributed by atoms with E-state index in [0.717, 1.165) is 18.5 Å². The Bertz CT molecular complexity index is 341. The summed E-state index contributed by atoms with van der Waals surface area (Å²) in [6, 6.07) is 1.86. The molecule has 1 aromatic heterocycles. The monoisotopic (exact) mass is 209 g/mol. The van der Waals surface area contributed by atoms with Gasteiger partial charge in [0, 0.05) is 17.2 Å². The first-order valence-electron chi connectivity index (χ1n) is 5.35. The average molecular weight is 209 g/mol. The number of aryl methyl sites for hydroxylation is 1. The van der Waals surface area contributed by atoms with Crippen molar-refractivity contribution in [2.75, 3.05) is 5.32 Å². The Labute approximate surface area is 90.5 Å². The van der Waals surface area contributed by atoms with Crippen LogP contribution in [-0.2, 0) is 11.2 Å². The molecule has 0 aliphatic carbocycles. The van der Waals surface area contributed by atoms with Gasteiger partial charge in [0.2, 0.25) is 5.91 Å². The number of amides is 1. The molecule has 0 fully saturated rings. The van der Waals surface area contributed by atoms with E-state index in [1.807, 2.05) is 33.8 Å². The molecule has 0 bridgehead atoms. The van der Waals surface area contributed by atoms with Crippen molar-refractivity contribution in [2.45, 2.75) is 40.5 Å². The Kier molecular flexibility index (Phi) is 3.50. The Morgan fingerprint density at radius 1 is 1.53 bits per heavy atom. The van der Waals surface area contributed by atoms with E-state index in [9.17, 15) is 4.79 Å². The molecule has 0 aliphatic heterocycles. The molecule has 2 N–H and O–H groups in total. The second-order valence-corrected chi connectivity index (χ2v) is 4.32. The number of carbonyl (C=O) groups excluding carboxylic acids is 1. The SMILES string of the molecule is CCc1cc(NC(=O)C(C)(C)CC)n[nH]1. The summed E-state index contributed by atoms with van der Waals surface area (Å²) in [5, 5.41) is 9.69. The van der Waals surface area contributed by atoms with Crippen LogP contribution in [0.3, 0.4) is 0 Å². The van der Waals surface area contributed by atoms with Crippen LogP contribution >= 0.6 is 0 Å². The Morgan fingerprint density at radius 3 is 2.67 bits per heavy atom. The predicted molar refractivity (Wildman–Crippen MR) is 60.7 cm³/mol. The predicted octanol–water partition coefficient (Wildman–Crippen LogP) is 2.35. The third-order valence-electron chi connectivity index (χ3n) is 2.75. The smallest absolute Gasteiger partial charge is 0.231 e. The van der Waals surface area contributed by atoms with Gasteiger partial charge in [-0.1, -0.05) is 27.7 Å². The summed E-state index contributed by atoms with van der Waals surface area (Å²) < 4.78 is 0. The van der Waals surface area contributed by atoms with E-state index in [0.29, 0.717) is 5.82 Å². The van der Waals surface area contributed by atoms with Crippen LogP contribution in [-0.4, -0.2) is 16.1 Å². The fraction of sp³-hybridized carbons (Fsp3) is 0.636. The van der Waals surface area contributed by atoms with Crippen LogP contribution in [0, 0.1) is 5.41 Å². The summed E-state index contributed by atoms with van der Waals surface area (Å²) in [5.41, 5.74) is 0.685. The number of nitrogens with one attached hydrogen (secondary N) is 2. The first-order chi connectivity index (χ1) is 6.99. The lowest BCUT2D eigenvalue weighted by Crippen LogP contribution is -2.30. The largest absolute Gasteiger partial charge is 0.309 e. The molecule has 1 rings (SSSR count). The molecule has 0 unspecified atom stereocenters. The highest BCUT2D eigenvalue weighted by molar-refractivity contribution is 5.93. The molecule has 0 saturated heterocycles. The van der Waals surface area contributed by atoms with E-state index in [-0.39, 0.29) is 11.3 Å². The van der Waals surface area contributed by atoms with Crippen molar-refractivity contribution in [1.29, 1.82) is 0 Å². The highest BCUT2D eigenvalue weighted by Gasteiger charge is 2.25. The maximum Gasteiger partial charge on any atom is 0.231 e. The molecule has 0 aliphatic rings. The lowest BCUT2D eigenvalue weighted by atomic mass is 9.89. The molecule has 1 amide bonds. The third kappa shape index (κ3) is 2.81. The number of carbonyl (C=O) groups is 1. The lowest BCUT2D eigenvalue weighted by Gasteiger charge is -2.20.